The number of anilines is 1. The van der Waals surface area contributed by atoms with Gasteiger partial charge in [0, 0.05) is 22.5 Å². The van der Waals surface area contributed by atoms with Crippen LogP contribution in [0.25, 0.3) is 11.1 Å². The first-order valence-corrected chi connectivity index (χ1v) is 7.78. The number of hydrogen-bond donors (Lipinski definition) is 2. The van der Waals surface area contributed by atoms with E-state index in [1.54, 1.807) is 18.2 Å². The fourth-order valence-electron chi connectivity index (χ4n) is 2.48. The molecule has 24 heavy (non-hydrogen) atoms. The van der Waals surface area contributed by atoms with Crippen molar-refractivity contribution in [3.05, 3.63) is 87.3 Å². The Morgan fingerprint density at radius 2 is 1.83 bits per heavy atom. The van der Waals surface area contributed by atoms with Crippen molar-refractivity contribution in [1.82, 2.24) is 4.98 Å². The van der Waals surface area contributed by atoms with Crippen LogP contribution < -0.4 is 10.9 Å². The number of aromatic amines is 1. The van der Waals surface area contributed by atoms with Crippen molar-refractivity contribution in [3.8, 4) is 11.1 Å². The Bertz CT molecular complexity index is 949. The highest BCUT2D eigenvalue weighted by molar-refractivity contribution is 6.31. The number of hydrogen-bond acceptors (Lipinski definition) is 2. The van der Waals surface area contributed by atoms with Crippen molar-refractivity contribution in [2.45, 2.75) is 6.92 Å². The van der Waals surface area contributed by atoms with Gasteiger partial charge in [0.15, 0.2) is 0 Å². The van der Waals surface area contributed by atoms with E-state index in [9.17, 15) is 9.59 Å². The molecule has 0 aliphatic heterocycles. The summed E-state index contributed by atoms with van der Waals surface area (Å²) in [5, 5.41) is 3.29. The second-order valence-corrected chi connectivity index (χ2v) is 5.81. The van der Waals surface area contributed by atoms with Crippen LogP contribution in [-0.2, 0) is 0 Å². The first kappa shape index (κ1) is 16.0. The lowest BCUT2D eigenvalue weighted by molar-refractivity contribution is 0.102. The van der Waals surface area contributed by atoms with E-state index in [4.69, 9.17) is 11.6 Å². The topological polar surface area (TPSA) is 62.0 Å². The lowest BCUT2D eigenvalue weighted by Crippen LogP contribution is -2.24. The van der Waals surface area contributed by atoms with E-state index < -0.39 is 11.5 Å². The van der Waals surface area contributed by atoms with Gasteiger partial charge in [0.25, 0.3) is 11.5 Å². The SMILES string of the molecule is Cc1ccc(Cl)cc1NC(=O)c1c(-c2ccccc2)cc[nH]c1=O. The van der Waals surface area contributed by atoms with E-state index in [2.05, 4.69) is 10.3 Å². The number of amides is 1. The van der Waals surface area contributed by atoms with Gasteiger partial charge in [-0.15, -0.1) is 0 Å². The van der Waals surface area contributed by atoms with E-state index >= 15 is 0 Å². The molecule has 0 saturated heterocycles. The van der Waals surface area contributed by atoms with Crippen molar-refractivity contribution in [3.63, 3.8) is 0 Å². The molecule has 3 aromatic rings. The maximum absolute atomic E-state index is 12.7. The van der Waals surface area contributed by atoms with Crippen molar-refractivity contribution in [1.29, 1.82) is 0 Å². The van der Waals surface area contributed by atoms with E-state index in [1.807, 2.05) is 43.3 Å². The summed E-state index contributed by atoms with van der Waals surface area (Å²) in [5.74, 6) is -0.471. The largest absolute Gasteiger partial charge is 0.328 e. The molecular formula is C19H15ClN2O2. The van der Waals surface area contributed by atoms with Crippen LogP contribution in [0.3, 0.4) is 0 Å². The normalized spacial score (nSPS) is 10.4. The summed E-state index contributed by atoms with van der Waals surface area (Å²) in [6.07, 6.45) is 1.53. The number of nitrogens with one attached hydrogen (secondary N) is 2. The van der Waals surface area contributed by atoms with Gasteiger partial charge in [0.05, 0.1) is 0 Å². The number of carbonyl (C=O) groups excluding carboxylic acids is 1. The molecule has 0 unspecified atom stereocenters. The van der Waals surface area contributed by atoms with Gasteiger partial charge in [-0.2, -0.15) is 0 Å². The molecule has 0 spiro atoms. The molecule has 1 aromatic heterocycles. The third kappa shape index (κ3) is 3.24. The molecule has 0 radical (unpaired) electrons. The van der Waals surface area contributed by atoms with E-state index in [0.29, 0.717) is 16.3 Å². The Kier molecular flexibility index (Phi) is 4.49. The highest BCUT2D eigenvalue weighted by atomic mass is 35.5. The summed E-state index contributed by atoms with van der Waals surface area (Å²) in [5.41, 5.74) is 2.46. The standard InChI is InChI=1S/C19H15ClN2O2/c1-12-7-8-14(20)11-16(12)22-19(24)17-15(9-10-21-18(17)23)13-5-3-2-4-6-13/h2-11H,1H3,(H,21,23)(H,22,24). The predicted octanol–water partition coefficient (Wildman–Crippen LogP) is 4.26. The van der Waals surface area contributed by atoms with Crippen LogP contribution in [-0.4, -0.2) is 10.9 Å². The summed E-state index contributed by atoms with van der Waals surface area (Å²) < 4.78 is 0. The molecule has 1 amide bonds. The number of aryl methyl sites for hydroxylation is 1. The number of benzene rings is 2. The minimum absolute atomic E-state index is 0.0723. The minimum Gasteiger partial charge on any atom is -0.328 e. The molecule has 1 heterocycles. The lowest BCUT2D eigenvalue weighted by atomic mass is 10.0. The Hall–Kier alpha value is -2.85. The van der Waals surface area contributed by atoms with Crippen molar-refractivity contribution in [2.24, 2.45) is 0 Å². The fourth-order valence-corrected chi connectivity index (χ4v) is 2.65. The highest BCUT2D eigenvalue weighted by Gasteiger charge is 2.18. The molecule has 0 fully saturated rings. The molecule has 0 aliphatic carbocycles. The molecule has 0 bridgehead atoms. The average molecular weight is 339 g/mol. The molecule has 0 saturated carbocycles. The molecule has 5 heteroatoms. The minimum atomic E-state index is -0.471. The average Bonchev–Trinajstić information content (AvgIpc) is 2.58. The van der Waals surface area contributed by atoms with Crippen LogP contribution in [0.15, 0.2) is 65.6 Å². The van der Waals surface area contributed by atoms with Crippen LogP contribution in [0.4, 0.5) is 5.69 Å². The quantitative estimate of drug-likeness (QED) is 0.749. The van der Waals surface area contributed by atoms with Gasteiger partial charge < -0.3 is 10.3 Å². The van der Waals surface area contributed by atoms with Gasteiger partial charge in [-0.1, -0.05) is 48.0 Å². The molecule has 4 nitrogen and oxygen atoms in total. The van der Waals surface area contributed by atoms with E-state index in [-0.39, 0.29) is 5.56 Å². The number of pyridine rings is 1. The third-order valence-corrected chi connectivity index (χ3v) is 3.96. The zero-order valence-corrected chi connectivity index (χ0v) is 13.7. The molecule has 3 rings (SSSR count). The Balaban J connectivity index is 2.05. The zero-order valence-electron chi connectivity index (χ0n) is 13.0. The van der Waals surface area contributed by atoms with Gasteiger partial charge in [0.1, 0.15) is 5.56 Å². The van der Waals surface area contributed by atoms with Gasteiger partial charge in [0.2, 0.25) is 0 Å². The van der Waals surface area contributed by atoms with Crippen LogP contribution in [0.1, 0.15) is 15.9 Å². The number of H-pyrrole nitrogens is 1. The summed E-state index contributed by atoms with van der Waals surface area (Å²) in [7, 11) is 0. The Labute approximate surface area is 144 Å². The Morgan fingerprint density at radius 3 is 2.58 bits per heavy atom. The Morgan fingerprint density at radius 1 is 1.08 bits per heavy atom. The van der Waals surface area contributed by atoms with Crippen molar-refractivity contribution in [2.75, 3.05) is 5.32 Å². The number of halogens is 1. The summed E-state index contributed by atoms with van der Waals surface area (Å²) in [6.45, 7) is 1.86. The number of carbonyl (C=O) groups is 1. The fraction of sp³-hybridized carbons (Fsp3) is 0.0526. The van der Waals surface area contributed by atoms with Crippen LogP contribution >= 0.6 is 11.6 Å². The summed E-state index contributed by atoms with van der Waals surface area (Å²) in [4.78, 5) is 27.5. The maximum Gasteiger partial charge on any atom is 0.261 e. The molecule has 2 N–H and O–H groups in total. The number of rotatable bonds is 3. The lowest BCUT2D eigenvalue weighted by Gasteiger charge is -2.11. The smallest absolute Gasteiger partial charge is 0.261 e. The summed E-state index contributed by atoms with van der Waals surface area (Å²) >= 11 is 5.99. The van der Waals surface area contributed by atoms with Crippen LogP contribution in [0.2, 0.25) is 5.02 Å². The second-order valence-electron chi connectivity index (χ2n) is 5.37. The first-order chi connectivity index (χ1) is 11.6. The van der Waals surface area contributed by atoms with E-state index in [0.717, 1.165) is 11.1 Å². The molecule has 120 valence electrons. The maximum atomic E-state index is 12.7. The van der Waals surface area contributed by atoms with Gasteiger partial charge >= 0.3 is 0 Å². The molecule has 0 aliphatic rings. The van der Waals surface area contributed by atoms with Gasteiger partial charge in [-0.05, 0) is 36.2 Å². The van der Waals surface area contributed by atoms with Gasteiger partial charge in [-0.25, -0.2) is 0 Å². The molecule has 0 atom stereocenters. The second kappa shape index (κ2) is 6.72. The van der Waals surface area contributed by atoms with Crippen LogP contribution in [0.5, 0.6) is 0 Å². The monoisotopic (exact) mass is 338 g/mol. The van der Waals surface area contributed by atoms with Crippen molar-refractivity contribution < 1.29 is 4.79 Å². The summed E-state index contributed by atoms with van der Waals surface area (Å²) in [6, 6.07) is 16.3. The first-order valence-electron chi connectivity index (χ1n) is 7.41. The zero-order chi connectivity index (χ0) is 17.1. The van der Waals surface area contributed by atoms with Gasteiger partial charge in [-0.3, -0.25) is 9.59 Å². The highest BCUT2D eigenvalue weighted by Crippen LogP contribution is 2.24. The molecule has 2 aromatic carbocycles. The van der Waals surface area contributed by atoms with Crippen molar-refractivity contribution >= 4 is 23.2 Å². The predicted molar refractivity (Wildman–Crippen MR) is 96.6 cm³/mol. The third-order valence-electron chi connectivity index (χ3n) is 3.72. The molecular weight excluding hydrogens is 324 g/mol. The number of aromatic nitrogens is 1. The van der Waals surface area contributed by atoms with Crippen LogP contribution in [0, 0.1) is 6.92 Å². The van der Waals surface area contributed by atoms with E-state index in [1.165, 1.54) is 6.20 Å².